The number of nitrogens with one attached hydrogen (secondary N) is 1. The van der Waals surface area contributed by atoms with Crippen LogP contribution in [0.1, 0.15) is 37.5 Å². The topological polar surface area (TPSA) is 30.5 Å². The molecule has 1 aromatic carbocycles. The van der Waals surface area contributed by atoms with Gasteiger partial charge in [-0.15, -0.1) is 0 Å². The highest BCUT2D eigenvalue weighted by atomic mass is 16.5. The molecule has 0 fully saturated rings. The van der Waals surface area contributed by atoms with Crippen molar-refractivity contribution in [1.82, 2.24) is 5.32 Å². The lowest BCUT2D eigenvalue weighted by Crippen LogP contribution is -2.22. The Hall–Kier alpha value is -1.06. The van der Waals surface area contributed by atoms with Crippen LogP contribution in [0.2, 0.25) is 0 Å². The highest BCUT2D eigenvalue weighted by Crippen LogP contribution is 2.24. The molecule has 1 N–H and O–H groups in total. The summed E-state index contributed by atoms with van der Waals surface area (Å²) in [5.41, 5.74) is 3.54. The molecule has 3 nitrogen and oxygen atoms in total. The zero-order chi connectivity index (χ0) is 14.5. The smallest absolute Gasteiger partial charge is 0.125 e. The number of ether oxygens (including phenoxy) is 2. The second-order valence-electron chi connectivity index (χ2n) is 5.90. The molecule has 0 aliphatic rings. The van der Waals surface area contributed by atoms with Gasteiger partial charge in [0.05, 0.1) is 12.2 Å². The van der Waals surface area contributed by atoms with Gasteiger partial charge in [0.15, 0.2) is 0 Å². The molecule has 108 valence electrons. The maximum atomic E-state index is 5.85. The average molecular weight is 265 g/mol. The van der Waals surface area contributed by atoms with Gasteiger partial charge in [0.2, 0.25) is 0 Å². The van der Waals surface area contributed by atoms with Crippen molar-refractivity contribution in [2.75, 3.05) is 20.3 Å². The third-order valence-electron chi connectivity index (χ3n) is 2.77. The van der Waals surface area contributed by atoms with Gasteiger partial charge >= 0.3 is 0 Å². The standard InChI is InChI=1S/C16H27NO2/c1-12-9-14(11-17-6)10-13(2)15(12)18-7-8-19-16(3,4)5/h9-10,17H,7-8,11H2,1-6H3. The first-order valence-corrected chi connectivity index (χ1v) is 6.85. The molecule has 3 heteroatoms. The second-order valence-corrected chi connectivity index (χ2v) is 5.90. The molecule has 0 aliphatic carbocycles. The van der Waals surface area contributed by atoms with Crippen molar-refractivity contribution in [1.29, 1.82) is 0 Å². The highest BCUT2D eigenvalue weighted by molar-refractivity contribution is 5.43. The predicted molar refractivity (Wildman–Crippen MR) is 79.9 cm³/mol. The summed E-state index contributed by atoms with van der Waals surface area (Å²) in [6, 6.07) is 4.34. The molecule has 0 saturated heterocycles. The molecule has 0 aromatic heterocycles. The van der Waals surface area contributed by atoms with Crippen LogP contribution in [0, 0.1) is 13.8 Å². The molecule has 19 heavy (non-hydrogen) atoms. The van der Waals surface area contributed by atoms with Crippen LogP contribution in [0.15, 0.2) is 12.1 Å². The van der Waals surface area contributed by atoms with Crippen LogP contribution in [0.4, 0.5) is 0 Å². The Morgan fingerprint density at radius 2 is 1.63 bits per heavy atom. The van der Waals surface area contributed by atoms with Gasteiger partial charge < -0.3 is 14.8 Å². The Bertz CT molecular complexity index is 385. The van der Waals surface area contributed by atoms with Crippen LogP contribution in [-0.4, -0.2) is 25.9 Å². The Balaban J connectivity index is 2.59. The van der Waals surface area contributed by atoms with E-state index in [-0.39, 0.29) is 5.60 Å². The van der Waals surface area contributed by atoms with Crippen molar-refractivity contribution in [3.8, 4) is 5.75 Å². The van der Waals surface area contributed by atoms with E-state index in [0.717, 1.165) is 12.3 Å². The Morgan fingerprint density at radius 1 is 1.05 bits per heavy atom. The second kappa shape index (κ2) is 6.92. The van der Waals surface area contributed by atoms with Gasteiger partial charge in [-0.3, -0.25) is 0 Å². The molecular weight excluding hydrogens is 238 g/mol. The van der Waals surface area contributed by atoms with E-state index in [0.29, 0.717) is 13.2 Å². The minimum Gasteiger partial charge on any atom is -0.491 e. The fraction of sp³-hybridized carbons (Fsp3) is 0.625. The van der Waals surface area contributed by atoms with Crippen molar-refractivity contribution in [2.24, 2.45) is 0 Å². The van der Waals surface area contributed by atoms with Crippen LogP contribution >= 0.6 is 0 Å². The van der Waals surface area contributed by atoms with E-state index < -0.39 is 0 Å². The van der Waals surface area contributed by atoms with Crippen LogP contribution in [0.5, 0.6) is 5.75 Å². The summed E-state index contributed by atoms with van der Waals surface area (Å²) in [5.74, 6) is 0.984. The molecule has 0 amide bonds. The molecule has 0 saturated carbocycles. The first kappa shape index (κ1) is 16.0. The fourth-order valence-electron chi connectivity index (χ4n) is 2.07. The molecule has 0 unspecified atom stereocenters. The Labute approximate surface area is 117 Å². The summed E-state index contributed by atoms with van der Waals surface area (Å²) in [4.78, 5) is 0. The van der Waals surface area contributed by atoms with Crippen LogP contribution in [0.3, 0.4) is 0 Å². The van der Waals surface area contributed by atoms with Gasteiger partial charge in [-0.25, -0.2) is 0 Å². The van der Waals surface area contributed by atoms with Gasteiger partial charge in [0.25, 0.3) is 0 Å². The molecule has 0 bridgehead atoms. The van der Waals surface area contributed by atoms with E-state index in [9.17, 15) is 0 Å². The van der Waals surface area contributed by atoms with Gasteiger partial charge in [-0.1, -0.05) is 12.1 Å². The lowest BCUT2D eigenvalue weighted by molar-refractivity contribution is -0.0164. The van der Waals surface area contributed by atoms with Crippen molar-refractivity contribution in [3.05, 3.63) is 28.8 Å². The molecule has 0 spiro atoms. The number of hydrogen-bond acceptors (Lipinski definition) is 3. The SMILES string of the molecule is CNCc1cc(C)c(OCCOC(C)(C)C)c(C)c1. The maximum Gasteiger partial charge on any atom is 0.125 e. The zero-order valence-electron chi connectivity index (χ0n) is 13.1. The summed E-state index contributed by atoms with van der Waals surface area (Å²) in [5, 5.41) is 3.17. The van der Waals surface area contributed by atoms with Crippen LogP contribution in [-0.2, 0) is 11.3 Å². The van der Waals surface area contributed by atoms with Gasteiger partial charge in [-0.2, -0.15) is 0 Å². The maximum absolute atomic E-state index is 5.85. The summed E-state index contributed by atoms with van der Waals surface area (Å²) >= 11 is 0. The normalized spacial score (nSPS) is 11.7. The Kier molecular flexibility index (Phi) is 5.83. The number of benzene rings is 1. The summed E-state index contributed by atoms with van der Waals surface area (Å²) in [6.07, 6.45) is 0. The van der Waals surface area contributed by atoms with Crippen LogP contribution < -0.4 is 10.1 Å². The third kappa shape index (κ3) is 5.62. The van der Waals surface area contributed by atoms with Crippen molar-refractivity contribution >= 4 is 0 Å². The minimum atomic E-state index is -0.107. The quantitative estimate of drug-likeness (QED) is 0.801. The van der Waals surface area contributed by atoms with E-state index in [2.05, 4.69) is 52.1 Å². The first-order valence-electron chi connectivity index (χ1n) is 6.85. The molecule has 1 aromatic rings. The number of hydrogen-bond donors (Lipinski definition) is 1. The number of aryl methyl sites for hydroxylation is 2. The van der Waals surface area contributed by atoms with Gasteiger partial charge in [0.1, 0.15) is 12.4 Å². The molecule has 0 heterocycles. The van der Waals surface area contributed by atoms with Crippen molar-refractivity contribution in [3.63, 3.8) is 0 Å². The third-order valence-corrected chi connectivity index (χ3v) is 2.77. The summed E-state index contributed by atoms with van der Waals surface area (Å²) < 4.78 is 11.5. The minimum absolute atomic E-state index is 0.107. The molecule has 1 rings (SSSR count). The average Bonchev–Trinajstić information content (AvgIpc) is 2.26. The van der Waals surface area contributed by atoms with Crippen LogP contribution in [0.25, 0.3) is 0 Å². The van der Waals surface area contributed by atoms with E-state index >= 15 is 0 Å². The monoisotopic (exact) mass is 265 g/mol. The number of rotatable bonds is 6. The lowest BCUT2D eigenvalue weighted by atomic mass is 10.1. The van der Waals surface area contributed by atoms with Crippen molar-refractivity contribution < 1.29 is 9.47 Å². The molecule has 0 aliphatic heterocycles. The van der Waals surface area contributed by atoms with E-state index in [4.69, 9.17) is 9.47 Å². The molecular formula is C16H27NO2. The molecule has 0 atom stereocenters. The first-order chi connectivity index (χ1) is 8.83. The largest absolute Gasteiger partial charge is 0.491 e. The summed E-state index contributed by atoms with van der Waals surface area (Å²) in [6.45, 7) is 12.4. The van der Waals surface area contributed by atoms with Gasteiger partial charge in [0, 0.05) is 6.54 Å². The molecule has 0 radical (unpaired) electrons. The Morgan fingerprint density at radius 3 is 2.11 bits per heavy atom. The van der Waals surface area contributed by atoms with E-state index in [1.54, 1.807) is 0 Å². The summed E-state index contributed by atoms with van der Waals surface area (Å²) in [7, 11) is 1.96. The van der Waals surface area contributed by atoms with E-state index in [1.807, 2.05) is 7.05 Å². The fourth-order valence-corrected chi connectivity index (χ4v) is 2.07. The lowest BCUT2D eigenvalue weighted by Gasteiger charge is -2.20. The van der Waals surface area contributed by atoms with E-state index in [1.165, 1.54) is 16.7 Å². The van der Waals surface area contributed by atoms with Gasteiger partial charge in [-0.05, 0) is 58.4 Å². The zero-order valence-corrected chi connectivity index (χ0v) is 13.1. The predicted octanol–water partition coefficient (Wildman–Crippen LogP) is 3.22. The highest BCUT2D eigenvalue weighted by Gasteiger charge is 2.10. The van der Waals surface area contributed by atoms with Crippen molar-refractivity contribution in [2.45, 2.75) is 46.8 Å².